The van der Waals surface area contributed by atoms with Crippen LogP contribution in [0.15, 0.2) is 12.1 Å². The molecule has 0 amide bonds. The van der Waals surface area contributed by atoms with Crippen molar-refractivity contribution < 1.29 is 4.74 Å². The van der Waals surface area contributed by atoms with Crippen LogP contribution in [0, 0.1) is 13.8 Å². The summed E-state index contributed by atoms with van der Waals surface area (Å²) in [5.74, 6) is 0. The Bertz CT molecular complexity index is 368. The van der Waals surface area contributed by atoms with Crippen LogP contribution in [-0.4, -0.2) is 20.2 Å². The summed E-state index contributed by atoms with van der Waals surface area (Å²) < 4.78 is 5.68. The minimum absolute atomic E-state index is 0.209. The number of rotatable bonds is 5. The smallest absolute Gasteiger partial charge is 0.0722 e. The van der Waals surface area contributed by atoms with Gasteiger partial charge >= 0.3 is 0 Å². The van der Waals surface area contributed by atoms with Crippen LogP contribution < -0.4 is 5.32 Å². The fourth-order valence-corrected chi connectivity index (χ4v) is 2.00. The van der Waals surface area contributed by atoms with Crippen LogP contribution in [0.2, 0.25) is 0 Å². The number of ether oxygens (including phenoxy) is 1. The molecule has 0 unspecified atom stereocenters. The van der Waals surface area contributed by atoms with Gasteiger partial charge in [0, 0.05) is 6.54 Å². The highest BCUT2D eigenvalue weighted by atomic mass is 16.5. The third-order valence-electron chi connectivity index (χ3n) is 3.30. The van der Waals surface area contributed by atoms with Crippen molar-refractivity contribution >= 4 is 0 Å². The summed E-state index contributed by atoms with van der Waals surface area (Å²) in [6, 6.07) is 4.59. The second kappa shape index (κ2) is 6.35. The molecule has 2 heteroatoms. The van der Waals surface area contributed by atoms with E-state index in [0.29, 0.717) is 6.61 Å². The van der Waals surface area contributed by atoms with Crippen LogP contribution in [0.5, 0.6) is 0 Å². The lowest BCUT2D eigenvalue weighted by Gasteiger charge is -2.22. The minimum Gasteiger partial charge on any atom is -0.375 e. The van der Waals surface area contributed by atoms with E-state index < -0.39 is 0 Å². The van der Waals surface area contributed by atoms with Gasteiger partial charge in [0.2, 0.25) is 0 Å². The van der Waals surface area contributed by atoms with Gasteiger partial charge in [-0.05, 0) is 48.6 Å². The minimum atomic E-state index is 0.209. The van der Waals surface area contributed by atoms with E-state index in [9.17, 15) is 0 Å². The summed E-state index contributed by atoms with van der Waals surface area (Å²) in [5.41, 5.74) is 5.62. The molecule has 0 aliphatic rings. The van der Waals surface area contributed by atoms with Crippen LogP contribution in [0.1, 0.15) is 43.0 Å². The fourth-order valence-electron chi connectivity index (χ4n) is 2.00. The van der Waals surface area contributed by atoms with Gasteiger partial charge in [-0.1, -0.05) is 32.9 Å². The Morgan fingerprint density at radius 1 is 1.11 bits per heavy atom. The zero-order chi connectivity index (χ0) is 13.8. The van der Waals surface area contributed by atoms with Gasteiger partial charge in [0.25, 0.3) is 0 Å². The Hall–Kier alpha value is -0.860. The van der Waals surface area contributed by atoms with E-state index in [1.807, 2.05) is 7.05 Å². The first-order valence-electron chi connectivity index (χ1n) is 6.69. The second-order valence-corrected chi connectivity index (χ2v) is 5.99. The van der Waals surface area contributed by atoms with Crippen molar-refractivity contribution in [1.29, 1.82) is 0 Å². The topological polar surface area (TPSA) is 21.3 Å². The van der Waals surface area contributed by atoms with Crippen LogP contribution in [-0.2, 0) is 16.8 Å². The predicted octanol–water partition coefficient (Wildman–Crippen LogP) is 3.34. The van der Waals surface area contributed by atoms with Crippen LogP contribution in [0.25, 0.3) is 0 Å². The second-order valence-electron chi connectivity index (χ2n) is 5.99. The van der Waals surface area contributed by atoms with Crippen molar-refractivity contribution in [2.24, 2.45) is 0 Å². The quantitative estimate of drug-likeness (QED) is 0.808. The Morgan fingerprint density at radius 2 is 1.67 bits per heavy atom. The summed E-state index contributed by atoms with van der Waals surface area (Å²) in [5, 5.41) is 3.09. The number of hydrogen-bond donors (Lipinski definition) is 1. The van der Waals surface area contributed by atoms with Gasteiger partial charge in [-0.25, -0.2) is 0 Å². The van der Waals surface area contributed by atoms with Gasteiger partial charge < -0.3 is 10.1 Å². The molecule has 0 atom stereocenters. The number of benzene rings is 1. The van der Waals surface area contributed by atoms with Gasteiger partial charge in [0.05, 0.1) is 13.2 Å². The van der Waals surface area contributed by atoms with Crippen molar-refractivity contribution in [1.82, 2.24) is 5.32 Å². The SMILES string of the molecule is CNCCOCc1c(C)cc(C(C)(C)C)cc1C. The van der Waals surface area contributed by atoms with Crippen molar-refractivity contribution in [3.05, 3.63) is 34.4 Å². The summed E-state index contributed by atoms with van der Waals surface area (Å²) >= 11 is 0. The lowest BCUT2D eigenvalue weighted by molar-refractivity contribution is 0.123. The predicted molar refractivity (Wildman–Crippen MR) is 78.2 cm³/mol. The molecular formula is C16H27NO. The zero-order valence-corrected chi connectivity index (χ0v) is 12.7. The van der Waals surface area contributed by atoms with Crippen LogP contribution in [0.4, 0.5) is 0 Å². The van der Waals surface area contributed by atoms with E-state index >= 15 is 0 Å². The zero-order valence-electron chi connectivity index (χ0n) is 12.7. The van der Waals surface area contributed by atoms with Gasteiger partial charge in [-0.15, -0.1) is 0 Å². The number of likely N-dealkylation sites (N-methyl/N-ethyl adjacent to an activating group) is 1. The summed E-state index contributed by atoms with van der Waals surface area (Å²) in [6.45, 7) is 13.5. The Balaban J connectivity index is 2.82. The summed E-state index contributed by atoms with van der Waals surface area (Å²) in [4.78, 5) is 0. The fraction of sp³-hybridized carbons (Fsp3) is 0.625. The van der Waals surface area contributed by atoms with E-state index in [2.05, 4.69) is 52.1 Å². The molecule has 1 rings (SSSR count). The van der Waals surface area contributed by atoms with E-state index in [-0.39, 0.29) is 5.41 Å². The molecule has 0 aliphatic carbocycles. The first-order chi connectivity index (χ1) is 8.36. The maximum Gasteiger partial charge on any atom is 0.0722 e. The average Bonchev–Trinajstić information content (AvgIpc) is 2.25. The standard InChI is InChI=1S/C16H27NO/c1-12-9-14(16(3,4)5)10-13(2)15(12)11-18-8-7-17-6/h9-10,17H,7-8,11H2,1-6H3. The Kier molecular flexibility index (Phi) is 5.36. The van der Waals surface area contributed by atoms with E-state index in [1.165, 1.54) is 22.3 Å². The largest absolute Gasteiger partial charge is 0.375 e. The molecule has 1 aromatic rings. The molecule has 18 heavy (non-hydrogen) atoms. The molecular weight excluding hydrogens is 222 g/mol. The van der Waals surface area contributed by atoms with Gasteiger partial charge in [0.1, 0.15) is 0 Å². The molecule has 0 aromatic heterocycles. The normalized spacial score (nSPS) is 11.9. The third kappa shape index (κ3) is 4.11. The highest BCUT2D eigenvalue weighted by Crippen LogP contribution is 2.27. The monoisotopic (exact) mass is 249 g/mol. The molecule has 0 saturated heterocycles. The number of nitrogens with one attached hydrogen (secondary N) is 1. The third-order valence-corrected chi connectivity index (χ3v) is 3.30. The maximum absolute atomic E-state index is 5.68. The van der Waals surface area contributed by atoms with Crippen molar-refractivity contribution in [2.45, 2.75) is 46.6 Å². The highest BCUT2D eigenvalue weighted by molar-refractivity contribution is 5.40. The van der Waals surface area contributed by atoms with Crippen LogP contribution in [0.3, 0.4) is 0 Å². The molecule has 2 nitrogen and oxygen atoms in total. The Labute approximate surface area is 112 Å². The molecule has 0 radical (unpaired) electrons. The average molecular weight is 249 g/mol. The highest BCUT2D eigenvalue weighted by Gasteiger charge is 2.16. The van der Waals surface area contributed by atoms with Gasteiger partial charge in [-0.2, -0.15) is 0 Å². The Morgan fingerprint density at radius 3 is 2.11 bits per heavy atom. The van der Waals surface area contributed by atoms with Gasteiger partial charge in [-0.3, -0.25) is 0 Å². The van der Waals surface area contributed by atoms with E-state index in [4.69, 9.17) is 4.74 Å². The van der Waals surface area contributed by atoms with Gasteiger partial charge in [0.15, 0.2) is 0 Å². The molecule has 1 aromatic carbocycles. The number of aryl methyl sites for hydroxylation is 2. The van der Waals surface area contributed by atoms with E-state index in [0.717, 1.165) is 13.2 Å². The molecule has 0 heterocycles. The summed E-state index contributed by atoms with van der Waals surface area (Å²) in [7, 11) is 1.94. The van der Waals surface area contributed by atoms with Crippen molar-refractivity contribution in [3.63, 3.8) is 0 Å². The first-order valence-corrected chi connectivity index (χ1v) is 6.69. The molecule has 0 saturated carbocycles. The lowest BCUT2D eigenvalue weighted by atomic mass is 9.84. The van der Waals surface area contributed by atoms with Crippen molar-refractivity contribution in [3.8, 4) is 0 Å². The maximum atomic E-state index is 5.68. The number of hydrogen-bond acceptors (Lipinski definition) is 2. The van der Waals surface area contributed by atoms with Crippen molar-refractivity contribution in [2.75, 3.05) is 20.2 Å². The lowest BCUT2D eigenvalue weighted by Crippen LogP contribution is -2.15. The molecule has 0 spiro atoms. The summed E-state index contributed by atoms with van der Waals surface area (Å²) in [6.07, 6.45) is 0. The first kappa shape index (κ1) is 15.2. The molecule has 102 valence electrons. The molecule has 0 fully saturated rings. The van der Waals surface area contributed by atoms with Crippen LogP contribution >= 0.6 is 0 Å². The molecule has 0 aliphatic heterocycles. The van der Waals surface area contributed by atoms with E-state index in [1.54, 1.807) is 0 Å². The molecule has 1 N–H and O–H groups in total. The molecule has 0 bridgehead atoms.